The molecule has 2 amide bonds. The Bertz CT molecular complexity index is 596. The van der Waals surface area contributed by atoms with Crippen LogP contribution < -0.4 is 10.2 Å². The number of amides is 2. The Labute approximate surface area is 134 Å². The molecule has 21 heavy (non-hydrogen) atoms. The molecule has 1 N–H and O–H groups in total. The van der Waals surface area contributed by atoms with Crippen LogP contribution in [0.2, 0.25) is 0 Å². The highest BCUT2D eigenvalue weighted by atomic mass is 79.9. The van der Waals surface area contributed by atoms with Crippen molar-refractivity contribution in [2.75, 3.05) is 4.90 Å². The van der Waals surface area contributed by atoms with Gasteiger partial charge in [-0.3, -0.25) is 14.5 Å². The summed E-state index contributed by atoms with van der Waals surface area (Å²) in [6.07, 6.45) is 0. The normalized spacial score (nSPS) is 21.7. The fourth-order valence-electron chi connectivity index (χ4n) is 2.70. The van der Waals surface area contributed by atoms with E-state index in [1.165, 1.54) is 0 Å². The van der Waals surface area contributed by atoms with E-state index in [9.17, 15) is 9.59 Å². The molecule has 1 aliphatic heterocycles. The average Bonchev–Trinajstić information content (AvgIpc) is 2.36. The minimum absolute atomic E-state index is 0.0310. The topological polar surface area (TPSA) is 49.4 Å². The molecule has 1 saturated heterocycles. The summed E-state index contributed by atoms with van der Waals surface area (Å²) < 4.78 is 0.930. The van der Waals surface area contributed by atoms with Crippen molar-refractivity contribution < 1.29 is 9.59 Å². The molecule has 0 radical (unpaired) electrons. The van der Waals surface area contributed by atoms with Gasteiger partial charge in [0.05, 0.1) is 0 Å². The lowest BCUT2D eigenvalue weighted by Gasteiger charge is -2.44. The summed E-state index contributed by atoms with van der Waals surface area (Å²) in [5.74, 6) is -0.153. The molecular weight excluding hydrogens is 332 g/mol. The van der Waals surface area contributed by atoms with Gasteiger partial charge in [0.25, 0.3) is 5.91 Å². The Morgan fingerprint density at radius 3 is 2.48 bits per heavy atom. The number of benzene rings is 1. The second-order valence-corrected chi connectivity index (χ2v) is 7.22. The van der Waals surface area contributed by atoms with Gasteiger partial charge in [0.2, 0.25) is 5.91 Å². The number of hydrogen-bond donors (Lipinski definition) is 1. The fraction of sp³-hybridized carbons (Fsp3) is 0.500. The van der Waals surface area contributed by atoms with Crippen molar-refractivity contribution in [2.24, 2.45) is 5.92 Å². The Morgan fingerprint density at radius 2 is 1.90 bits per heavy atom. The molecule has 0 bridgehead atoms. The lowest BCUT2D eigenvalue weighted by molar-refractivity contribution is -0.138. The van der Waals surface area contributed by atoms with Gasteiger partial charge in [0, 0.05) is 10.2 Å². The van der Waals surface area contributed by atoms with Crippen molar-refractivity contribution in [3.05, 3.63) is 28.2 Å². The Hall–Kier alpha value is -1.36. The molecule has 0 saturated carbocycles. The quantitative estimate of drug-likeness (QED) is 0.889. The SMILES string of the molecule is Cc1c(Br)cccc1N1C(=O)C(C)(C)NC(=O)C1C(C)C. The molecule has 1 unspecified atom stereocenters. The van der Waals surface area contributed by atoms with Gasteiger partial charge in [-0.25, -0.2) is 0 Å². The maximum absolute atomic E-state index is 12.9. The van der Waals surface area contributed by atoms with Crippen LogP contribution in [-0.4, -0.2) is 23.4 Å². The van der Waals surface area contributed by atoms with Gasteiger partial charge in [-0.2, -0.15) is 0 Å². The average molecular weight is 353 g/mol. The molecule has 0 aliphatic carbocycles. The van der Waals surface area contributed by atoms with Gasteiger partial charge in [-0.15, -0.1) is 0 Å². The number of halogens is 1. The predicted octanol–water partition coefficient (Wildman–Crippen LogP) is 3.02. The number of carbonyl (C=O) groups is 2. The molecule has 0 aromatic heterocycles. The summed E-state index contributed by atoms with van der Waals surface area (Å²) in [5.41, 5.74) is 0.857. The van der Waals surface area contributed by atoms with Crippen molar-refractivity contribution in [1.82, 2.24) is 5.32 Å². The van der Waals surface area contributed by atoms with E-state index in [-0.39, 0.29) is 17.7 Å². The first-order chi connectivity index (χ1) is 9.66. The number of rotatable bonds is 2. The van der Waals surface area contributed by atoms with Crippen molar-refractivity contribution >= 4 is 33.4 Å². The monoisotopic (exact) mass is 352 g/mol. The highest BCUT2D eigenvalue weighted by molar-refractivity contribution is 9.10. The van der Waals surface area contributed by atoms with E-state index in [1.807, 2.05) is 39.0 Å². The molecule has 1 heterocycles. The maximum Gasteiger partial charge on any atom is 0.252 e. The fourth-order valence-corrected chi connectivity index (χ4v) is 3.05. The van der Waals surface area contributed by atoms with Gasteiger partial charge in [-0.1, -0.05) is 35.8 Å². The van der Waals surface area contributed by atoms with E-state index in [1.54, 1.807) is 18.7 Å². The van der Waals surface area contributed by atoms with Crippen LogP contribution in [0.5, 0.6) is 0 Å². The summed E-state index contributed by atoms with van der Waals surface area (Å²) in [6.45, 7) is 9.34. The predicted molar refractivity (Wildman–Crippen MR) is 87.2 cm³/mol. The number of nitrogens with one attached hydrogen (secondary N) is 1. The molecule has 1 fully saturated rings. The van der Waals surface area contributed by atoms with Crippen molar-refractivity contribution in [2.45, 2.75) is 46.2 Å². The second kappa shape index (κ2) is 5.44. The largest absolute Gasteiger partial charge is 0.340 e. The first-order valence-corrected chi connectivity index (χ1v) is 7.87. The molecule has 1 aromatic rings. The third-order valence-corrected chi connectivity index (χ3v) is 4.73. The molecule has 1 aliphatic rings. The van der Waals surface area contributed by atoms with Crippen LogP contribution in [0.3, 0.4) is 0 Å². The van der Waals surface area contributed by atoms with Crippen LogP contribution in [0, 0.1) is 12.8 Å². The van der Waals surface area contributed by atoms with Crippen LogP contribution in [-0.2, 0) is 9.59 Å². The van der Waals surface area contributed by atoms with Crippen molar-refractivity contribution in [1.29, 1.82) is 0 Å². The van der Waals surface area contributed by atoms with Gasteiger partial charge < -0.3 is 5.32 Å². The molecule has 2 rings (SSSR count). The molecule has 0 spiro atoms. The Kier molecular flexibility index (Phi) is 4.15. The molecule has 1 aromatic carbocycles. The standard InChI is InChI=1S/C16H21BrN2O2/c1-9(2)13-14(20)18-16(4,5)15(21)19(13)12-8-6-7-11(17)10(12)3/h6-9,13H,1-5H3,(H,18,20). The van der Waals surface area contributed by atoms with Crippen molar-refractivity contribution in [3.8, 4) is 0 Å². The lowest BCUT2D eigenvalue weighted by atomic mass is 9.90. The van der Waals surface area contributed by atoms with E-state index >= 15 is 0 Å². The number of piperazine rings is 1. The number of anilines is 1. The lowest BCUT2D eigenvalue weighted by Crippen LogP contribution is -2.69. The highest BCUT2D eigenvalue weighted by Crippen LogP contribution is 2.33. The van der Waals surface area contributed by atoms with E-state index in [4.69, 9.17) is 0 Å². The zero-order chi connectivity index (χ0) is 15.9. The Morgan fingerprint density at radius 1 is 1.29 bits per heavy atom. The number of nitrogens with zero attached hydrogens (tertiary/aromatic N) is 1. The summed E-state index contributed by atoms with van der Waals surface area (Å²) in [4.78, 5) is 27.0. The molecular formula is C16H21BrN2O2. The van der Waals surface area contributed by atoms with E-state index in [0.29, 0.717) is 0 Å². The smallest absolute Gasteiger partial charge is 0.252 e. The van der Waals surface area contributed by atoms with Crippen LogP contribution in [0.4, 0.5) is 5.69 Å². The van der Waals surface area contributed by atoms with Crippen LogP contribution in [0.1, 0.15) is 33.3 Å². The van der Waals surface area contributed by atoms with Crippen LogP contribution >= 0.6 is 15.9 Å². The summed E-state index contributed by atoms with van der Waals surface area (Å²) >= 11 is 3.49. The summed E-state index contributed by atoms with van der Waals surface area (Å²) in [6, 6.07) is 5.22. The number of carbonyl (C=O) groups excluding carboxylic acids is 2. The van der Waals surface area contributed by atoms with Gasteiger partial charge in [0.15, 0.2) is 0 Å². The van der Waals surface area contributed by atoms with Crippen molar-refractivity contribution in [3.63, 3.8) is 0 Å². The van der Waals surface area contributed by atoms with E-state index in [0.717, 1.165) is 15.7 Å². The van der Waals surface area contributed by atoms with Crippen LogP contribution in [0.25, 0.3) is 0 Å². The first-order valence-electron chi connectivity index (χ1n) is 7.07. The van der Waals surface area contributed by atoms with E-state index < -0.39 is 11.6 Å². The second-order valence-electron chi connectivity index (χ2n) is 6.36. The zero-order valence-electron chi connectivity index (χ0n) is 13.0. The third kappa shape index (κ3) is 2.71. The minimum Gasteiger partial charge on any atom is -0.340 e. The minimum atomic E-state index is -0.892. The van der Waals surface area contributed by atoms with Gasteiger partial charge in [-0.05, 0) is 44.4 Å². The summed E-state index contributed by atoms with van der Waals surface area (Å²) in [7, 11) is 0. The highest BCUT2D eigenvalue weighted by Gasteiger charge is 2.47. The Balaban J connectivity index is 2.61. The number of hydrogen-bond acceptors (Lipinski definition) is 2. The maximum atomic E-state index is 12.9. The molecule has 5 heteroatoms. The molecule has 114 valence electrons. The van der Waals surface area contributed by atoms with E-state index in [2.05, 4.69) is 21.2 Å². The van der Waals surface area contributed by atoms with Crippen LogP contribution in [0.15, 0.2) is 22.7 Å². The zero-order valence-corrected chi connectivity index (χ0v) is 14.6. The third-order valence-electron chi connectivity index (χ3n) is 3.87. The molecule has 4 nitrogen and oxygen atoms in total. The first kappa shape index (κ1) is 16.0. The molecule has 1 atom stereocenters. The summed E-state index contributed by atoms with van der Waals surface area (Å²) in [5, 5.41) is 2.83. The van der Waals surface area contributed by atoms with Gasteiger partial charge >= 0.3 is 0 Å². The van der Waals surface area contributed by atoms with Gasteiger partial charge in [0.1, 0.15) is 11.6 Å².